The molecular weight excluding hydrogens is 367 g/mol. The molecule has 0 aliphatic carbocycles. The Morgan fingerprint density at radius 2 is 1.42 bits per heavy atom. The largest absolute Gasteiger partial charge is 0.522 e. The van der Waals surface area contributed by atoms with E-state index < -0.39 is 15.6 Å². The maximum Gasteiger partial charge on any atom is 0.522 e. The van der Waals surface area contributed by atoms with E-state index in [9.17, 15) is 13.2 Å². The van der Waals surface area contributed by atoms with Crippen molar-refractivity contribution in [1.29, 1.82) is 0 Å². The summed E-state index contributed by atoms with van der Waals surface area (Å²) >= 11 is 0. The van der Waals surface area contributed by atoms with Crippen molar-refractivity contribution < 1.29 is 26.1 Å². The van der Waals surface area contributed by atoms with E-state index in [4.69, 9.17) is 13.0 Å². The number of anilines is 1. The second-order valence-electron chi connectivity index (χ2n) is 4.87. The first-order chi connectivity index (χ1) is 12.2. The molecule has 8 heteroatoms. The number of alkyl halides is 3. The molecule has 0 heterocycles. The molecule has 0 unspecified atom stereocenters. The Hall–Kier alpha value is -2.58. The van der Waals surface area contributed by atoms with Crippen LogP contribution in [0.25, 0.3) is 6.08 Å². The van der Waals surface area contributed by atoms with Gasteiger partial charge in [0.2, 0.25) is 0 Å². The summed E-state index contributed by atoms with van der Waals surface area (Å²) in [6.45, 7) is 0.836. The molecule has 0 saturated carbocycles. The van der Waals surface area contributed by atoms with Crippen molar-refractivity contribution in [2.24, 2.45) is 0 Å². The molecule has 0 radical (unpaired) electrons. The van der Waals surface area contributed by atoms with Gasteiger partial charge in [0.25, 0.3) is 0 Å². The molecule has 0 spiro atoms. The minimum Gasteiger partial charge on any atom is -0.382 e. The fourth-order valence-electron chi connectivity index (χ4n) is 1.61. The Kier molecular flexibility index (Phi) is 8.60. The Morgan fingerprint density at radius 1 is 0.923 bits per heavy atom. The molecule has 2 aromatic rings. The van der Waals surface area contributed by atoms with E-state index in [0.717, 1.165) is 12.2 Å². The minimum absolute atomic E-state index is 0.836. The minimum atomic E-state index is -5.84. The SMILES string of the molecule is C(=CCNc1ccccc1)/C=C/c1ccccc1.O=S(=O)(O)C(F)(F)F. The number of hydrogen-bond donors (Lipinski definition) is 2. The Bertz CT molecular complexity index is 803. The molecule has 0 aliphatic rings. The first-order valence-corrected chi connectivity index (χ1v) is 8.85. The van der Waals surface area contributed by atoms with Crippen LogP contribution in [-0.4, -0.2) is 25.0 Å². The van der Waals surface area contributed by atoms with Gasteiger partial charge in [0, 0.05) is 12.2 Å². The number of hydrogen-bond acceptors (Lipinski definition) is 3. The summed E-state index contributed by atoms with van der Waals surface area (Å²) in [4.78, 5) is 0. The third kappa shape index (κ3) is 9.05. The molecule has 0 fully saturated rings. The first-order valence-electron chi connectivity index (χ1n) is 7.41. The summed E-state index contributed by atoms with van der Waals surface area (Å²) in [5.41, 5.74) is -3.17. The molecule has 4 nitrogen and oxygen atoms in total. The van der Waals surface area contributed by atoms with E-state index in [1.54, 1.807) is 0 Å². The van der Waals surface area contributed by atoms with Crippen molar-refractivity contribution in [3.05, 3.63) is 84.5 Å². The van der Waals surface area contributed by atoms with Crippen molar-refractivity contribution >= 4 is 21.9 Å². The number of halogens is 3. The quantitative estimate of drug-likeness (QED) is 0.442. The van der Waals surface area contributed by atoms with E-state index >= 15 is 0 Å². The fraction of sp³-hybridized carbons (Fsp3) is 0.111. The van der Waals surface area contributed by atoms with Gasteiger partial charge in [-0.2, -0.15) is 21.6 Å². The van der Waals surface area contributed by atoms with Crippen LogP contribution in [0, 0.1) is 0 Å². The van der Waals surface area contributed by atoms with Crippen LogP contribution in [0.5, 0.6) is 0 Å². The highest BCUT2D eigenvalue weighted by atomic mass is 32.2. The smallest absolute Gasteiger partial charge is 0.382 e. The van der Waals surface area contributed by atoms with Gasteiger partial charge in [0.1, 0.15) is 0 Å². The zero-order valence-corrected chi connectivity index (χ0v) is 14.4. The lowest BCUT2D eigenvalue weighted by Crippen LogP contribution is -2.21. The van der Waals surface area contributed by atoms with E-state index in [1.807, 2.05) is 36.4 Å². The number of benzene rings is 2. The van der Waals surface area contributed by atoms with Gasteiger partial charge in [-0.25, -0.2) is 0 Å². The van der Waals surface area contributed by atoms with Crippen LogP contribution in [0.3, 0.4) is 0 Å². The summed E-state index contributed by atoms with van der Waals surface area (Å²) in [5.74, 6) is 0. The summed E-state index contributed by atoms with van der Waals surface area (Å²) in [6.07, 6.45) is 8.32. The Morgan fingerprint density at radius 3 is 1.92 bits per heavy atom. The van der Waals surface area contributed by atoms with E-state index in [-0.39, 0.29) is 0 Å². The predicted octanol–water partition coefficient (Wildman–Crippen LogP) is 4.76. The van der Waals surface area contributed by atoms with Crippen molar-refractivity contribution in [1.82, 2.24) is 0 Å². The number of para-hydroxylation sites is 1. The molecule has 0 saturated heterocycles. The lowest BCUT2D eigenvalue weighted by Gasteiger charge is -2.00. The average molecular weight is 385 g/mol. The van der Waals surface area contributed by atoms with Crippen LogP contribution < -0.4 is 5.32 Å². The third-order valence-corrected chi connectivity index (χ3v) is 3.41. The Balaban J connectivity index is 0.000000359. The summed E-state index contributed by atoms with van der Waals surface area (Å²) in [7, 11) is -5.84. The summed E-state index contributed by atoms with van der Waals surface area (Å²) in [6, 6.07) is 20.5. The molecule has 26 heavy (non-hydrogen) atoms. The lowest BCUT2D eigenvalue weighted by molar-refractivity contribution is -0.0510. The molecule has 0 bridgehead atoms. The second-order valence-corrected chi connectivity index (χ2v) is 6.28. The fourth-order valence-corrected chi connectivity index (χ4v) is 1.61. The van der Waals surface area contributed by atoms with Gasteiger partial charge < -0.3 is 5.32 Å². The molecule has 0 aliphatic heterocycles. The van der Waals surface area contributed by atoms with Crippen molar-refractivity contribution in [3.8, 4) is 0 Å². The molecule has 2 aromatic carbocycles. The molecule has 2 N–H and O–H groups in total. The highest BCUT2D eigenvalue weighted by Gasteiger charge is 2.44. The second kappa shape index (κ2) is 10.4. The lowest BCUT2D eigenvalue weighted by atomic mass is 10.2. The molecular formula is C18H18F3NO3S. The van der Waals surface area contributed by atoms with E-state index in [2.05, 4.69) is 53.9 Å². The van der Waals surface area contributed by atoms with Crippen molar-refractivity contribution in [3.63, 3.8) is 0 Å². The molecule has 0 aromatic heterocycles. The highest BCUT2D eigenvalue weighted by molar-refractivity contribution is 7.86. The monoisotopic (exact) mass is 385 g/mol. The van der Waals surface area contributed by atoms with Gasteiger partial charge >= 0.3 is 15.6 Å². The van der Waals surface area contributed by atoms with E-state index in [1.165, 1.54) is 5.56 Å². The van der Waals surface area contributed by atoms with Gasteiger partial charge in [0.05, 0.1) is 0 Å². The average Bonchev–Trinajstić information content (AvgIpc) is 2.59. The third-order valence-electron chi connectivity index (χ3n) is 2.83. The maximum absolute atomic E-state index is 10.7. The predicted molar refractivity (Wildman–Crippen MR) is 97.2 cm³/mol. The summed E-state index contributed by atoms with van der Waals surface area (Å²) in [5, 5.41) is 3.32. The van der Waals surface area contributed by atoms with Gasteiger partial charge in [-0.1, -0.05) is 72.8 Å². The molecule has 0 atom stereocenters. The summed E-state index contributed by atoms with van der Waals surface area (Å²) < 4.78 is 57.5. The topological polar surface area (TPSA) is 66.4 Å². The van der Waals surface area contributed by atoms with Crippen LogP contribution >= 0.6 is 0 Å². The first kappa shape index (κ1) is 21.5. The van der Waals surface area contributed by atoms with Gasteiger partial charge in [-0.05, 0) is 17.7 Å². The standard InChI is InChI=1S/C17H17N.CHF3O3S/c1-4-10-16(11-5-1)12-6-3-9-15-18-17-13-7-2-8-14-17;2-1(3,4)8(5,6)7/h1-14,18H,15H2;(H,5,6,7)/b9-3?,12-6+;. The van der Waals surface area contributed by atoms with Crippen molar-refractivity contribution in [2.75, 3.05) is 11.9 Å². The Labute approximate surface area is 150 Å². The zero-order chi connectivity index (χ0) is 19.5. The maximum atomic E-state index is 10.7. The number of rotatable bonds is 5. The highest BCUT2D eigenvalue weighted by Crippen LogP contribution is 2.20. The van der Waals surface area contributed by atoms with Gasteiger partial charge in [-0.3, -0.25) is 4.55 Å². The molecule has 0 amide bonds. The van der Waals surface area contributed by atoms with Crippen molar-refractivity contribution in [2.45, 2.75) is 5.51 Å². The number of nitrogens with one attached hydrogen (secondary N) is 1. The molecule has 2 rings (SSSR count). The van der Waals surface area contributed by atoms with Gasteiger partial charge in [-0.15, -0.1) is 0 Å². The van der Waals surface area contributed by atoms with Crippen LogP contribution in [0.15, 0.2) is 78.9 Å². The number of allylic oxidation sites excluding steroid dienone is 2. The van der Waals surface area contributed by atoms with Crippen LogP contribution in [0.1, 0.15) is 5.56 Å². The molecule has 140 valence electrons. The van der Waals surface area contributed by atoms with Crippen LogP contribution in [0.2, 0.25) is 0 Å². The normalized spacial score (nSPS) is 12.0. The van der Waals surface area contributed by atoms with Crippen LogP contribution in [0.4, 0.5) is 18.9 Å². The van der Waals surface area contributed by atoms with Crippen LogP contribution in [-0.2, 0) is 10.1 Å². The van der Waals surface area contributed by atoms with E-state index in [0.29, 0.717) is 0 Å². The van der Waals surface area contributed by atoms with Gasteiger partial charge in [0.15, 0.2) is 0 Å². The zero-order valence-electron chi connectivity index (χ0n) is 13.6.